The third kappa shape index (κ3) is 3.97. The highest BCUT2D eigenvalue weighted by atomic mass is 35.5. The fourth-order valence-electron chi connectivity index (χ4n) is 2.11. The molecule has 0 aliphatic carbocycles. The van der Waals surface area contributed by atoms with Gasteiger partial charge in [-0.2, -0.15) is 13.2 Å². The van der Waals surface area contributed by atoms with E-state index in [0.717, 1.165) is 12.1 Å². The quantitative estimate of drug-likeness (QED) is 0.845. The molecular formula is C16H14ClF3N2O2. The van der Waals surface area contributed by atoms with E-state index in [1.165, 1.54) is 48.0 Å². The lowest BCUT2D eigenvalue weighted by atomic mass is 10.1. The molecule has 1 amide bonds. The van der Waals surface area contributed by atoms with E-state index in [9.17, 15) is 22.8 Å². The van der Waals surface area contributed by atoms with Gasteiger partial charge in [-0.15, -0.1) is 0 Å². The summed E-state index contributed by atoms with van der Waals surface area (Å²) >= 11 is 5.94. The van der Waals surface area contributed by atoms with Crippen LogP contribution in [0.4, 0.5) is 13.2 Å². The average Bonchev–Trinajstić information content (AvgIpc) is 2.49. The van der Waals surface area contributed by atoms with Crippen LogP contribution in [0.2, 0.25) is 5.02 Å². The standard InChI is InChI=1S/C16H14ClF3N2O2/c1-21(2)14(23)13-7-12(17)9-22(15(13)24)8-10-3-5-11(6-4-10)16(18,19)20/h3-7,9H,8H2,1-2H3. The summed E-state index contributed by atoms with van der Waals surface area (Å²) in [5.41, 5.74) is -0.943. The van der Waals surface area contributed by atoms with Crippen molar-refractivity contribution in [3.05, 3.63) is 68.6 Å². The number of aromatic nitrogens is 1. The number of halogens is 4. The number of carbonyl (C=O) groups excluding carboxylic acids is 1. The van der Waals surface area contributed by atoms with Gasteiger partial charge in [0.1, 0.15) is 5.56 Å². The van der Waals surface area contributed by atoms with E-state index in [1.807, 2.05) is 0 Å². The highest BCUT2D eigenvalue weighted by Crippen LogP contribution is 2.29. The molecule has 4 nitrogen and oxygen atoms in total. The van der Waals surface area contributed by atoms with Crippen LogP contribution < -0.4 is 5.56 Å². The molecule has 0 atom stereocenters. The number of alkyl halides is 3. The highest BCUT2D eigenvalue weighted by molar-refractivity contribution is 6.30. The molecule has 0 saturated carbocycles. The molecule has 0 radical (unpaired) electrons. The Kier molecular flexibility index (Phi) is 5.03. The molecule has 24 heavy (non-hydrogen) atoms. The van der Waals surface area contributed by atoms with Crippen LogP contribution in [0, 0.1) is 0 Å². The molecular weight excluding hydrogens is 345 g/mol. The lowest BCUT2D eigenvalue weighted by Gasteiger charge is -2.13. The van der Waals surface area contributed by atoms with E-state index in [2.05, 4.69) is 0 Å². The van der Waals surface area contributed by atoms with Crippen LogP contribution in [0.1, 0.15) is 21.5 Å². The molecule has 0 N–H and O–H groups in total. The van der Waals surface area contributed by atoms with Crippen LogP contribution in [0.15, 0.2) is 41.3 Å². The molecule has 0 saturated heterocycles. The molecule has 0 aliphatic heterocycles. The second-order valence-corrected chi connectivity index (χ2v) is 5.84. The second kappa shape index (κ2) is 6.68. The summed E-state index contributed by atoms with van der Waals surface area (Å²) in [5, 5.41) is 0.187. The molecule has 2 aromatic rings. The molecule has 1 aromatic heterocycles. The van der Waals surface area contributed by atoms with Gasteiger partial charge in [-0.05, 0) is 23.8 Å². The van der Waals surface area contributed by atoms with Crippen LogP contribution in [0.3, 0.4) is 0 Å². The van der Waals surface area contributed by atoms with Crippen molar-refractivity contribution < 1.29 is 18.0 Å². The predicted molar refractivity (Wildman–Crippen MR) is 84.3 cm³/mol. The first-order valence-electron chi connectivity index (χ1n) is 6.87. The van der Waals surface area contributed by atoms with Crippen LogP contribution in [0.5, 0.6) is 0 Å². The average molecular weight is 359 g/mol. The maximum atomic E-state index is 12.6. The molecule has 1 heterocycles. The minimum absolute atomic E-state index is 0.00520. The fourth-order valence-corrected chi connectivity index (χ4v) is 2.33. The monoisotopic (exact) mass is 358 g/mol. The SMILES string of the molecule is CN(C)C(=O)c1cc(Cl)cn(Cc2ccc(C(F)(F)F)cc2)c1=O. The van der Waals surface area contributed by atoms with Gasteiger partial charge in [-0.25, -0.2) is 0 Å². The first kappa shape index (κ1) is 18.1. The normalized spacial score (nSPS) is 11.4. The number of amides is 1. The van der Waals surface area contributed by atoms with Gasteiger partial charge in [0.2, 0.25) is 0 Å². The fraction of sp³-hybridized carbons (Fsp3) is 0.250. The van der Waals surface area contributed by atoms with Gasteiger partial charge in [0.15, 0.2) is 0 Å². The Hall–Kier alpha value is -2.28. The largest absolute Gasteiger partial charge is 0.416 e. The maximum Gasteiger partial charge on any atom is 0.416 e. The van der Waals surface area contributed by atoms with Crippen molar-refractivity contribution in [2.24, 2.45) is 0 Å². The number of pyridine rings is 1. The van der Waals surface area contributed by atoms with Gasteiger partial charge >= 0.3 is 6.18 Å². The summed E-state index contributed by atoms with van der Waals surface area (Å²) in [4.78, 5) is 25.6. The second-order valence-electron chi connectivity index (χ2n) is 5.40. The summed E-state index contributed by atoms with van der Waals surface area (Å²) in [6.07, 6.45) is -3.08. The van der Waals surface area contributed by atoms with Crippen molar-refractivity contribution in [2.45, 2.75) is 12.7 Å². The van der Waals surface area contributed by atoms with Gasteiger partial charge in [-0.3, -0.25) is 9.59 Å². The Labute approximate surface area is 141 Å². The number of hydrogen-bond donors (Lipinski definition) is 0. The minimum Gasteiger partial charge on any atom is -0.345 e. The maximum absolute atomic E-state index is 12.6. The van der Waals surface area contributed by atoms with Crippen molar-refractivity contribution >= 4 is 17.5 Å². The summed E-state index contributed by atoms with van der Waals surface area (Å²) in [6, 6.07) is 5.72. The van der Waals surface area contributed by atoms with Gasteiger partial charge in [-0.1, -0.05) is 23.7 Å². The van der Waals surface area contributed by atoms with E-state index >= 15 is 0 Å². The molecule has 0 bridgehead atoms. The van der Waals surface area contributed by atoms with E-state index < -0.39 is 23.2 Å². The molecule has 8 heteroatoms. The number of carbonyl (C=O) groups is 1. The summed E-state index contributed by atoms with van der Waals surface area (Å²) in [6.45, 7) is 0.00520. The Morgan fingerprint density at radius 2 is 1.79 bits per heavy atom. The number of rotatable bonds is 3. The van der Waals surface area contributed by atoms with Gasteiger partial charge in [0, 0.05) is 20.3 Å². The molecule has 128 valence electrons. The van der Waals surface area contributed by atoms with Crippen molar-refractivity contribution in [3.63, 3.8) is 0 Å². The third-order valence-electron chi connectivity index (χ3n) is 3.32. The zero-order valence-electron chi connectivity index (χ0n) is 12.9. The van der Waals surface area contributed by atoms with Crippen LogP contribution >= 0.6 is 11.6 Å². The molecule has 1 aromatic carbocycles. The number of hydrogen-bond acceptors (Lipinski definition) is 2. The Bertz CT molecular complexity index is 812. The Balaban J connectivity index is 2.37. The van der Waals surface area contributed by atoms with Crippen LogP contribution in [-0.4, -0.2) is 29.5 Å². The number of nitrogens with zero attached hydrogens (tertiary/aromatic N) is 2. The molecule has 0 spiro atoms. The third-order valence-corrected chi connectivity index (χ3v) is 3.53. The Morgan fingerprint density at radius 1 is 1.21 bits per heavy atom. The van der Waals surface area contributed by atoms with E-state index in [1.54, 1.807) is 0 Å². The van der Waals surface area contributed by atoms with Gasteiger partial charge in [0.25, 0.3) is 11.5 Å². The van der Waals surface area contributed by atoms with Crippen molar-refractivity contribution in [1.82, 2.24) is 9.47 Å². The predicted octanol–water partition coefficient (Wildman–Crippen LogP) is 3.27. The molecule has 0 aliphatic rings. The van der Waals surface area contributed by atoms with Crippen molar-refractivity contribution in [3.8, 4) is 0 Å². The molecule has 0 fully saturated rings. The lowest BCUT2D eigenvalue weighted by Crippen LogP contribution is -2.32. The van der Waals surface area contributed by atoms with Crippen LogP contribution in [0.25, 0.3) is 0 Å². The molecule has 2 rings (SSSR count). The molecule has 0 unspecified atom stereocenters. The zero-order chi connectivity index (χ0) is 18.1. The van der Waals surface area contributed by atoms with Gasteiger partial charge < -0.3 is 9.47 Å². The van der Waals surface area contributed by atoms with E-state index in [-0.39, 0.29) is 17.1 Å². The van der Waals surface area contributed by atoms with E-state index in [0.29, 0.717) is 5.56 Å². The van der Waals surface area contributed by atoms with Gasteiger partial charge in [0.05, 0.1) is 17.1 Å². The summed E-state index contributed by atoms with van der Waals surface area (Å²) in [7, 11) is 3.01. The van der Waals surface area contributed by atoms with Crippen molar-refractivity contribution in [1.29, 1.82) is 0 Å². The lowest BCUT2D eigenvalue weighted by molar-refractivity contribution is -0.137. The number of benzene rings is 1. The zero-order valence-corrected chi connectivity index (χ0v) is 13.6. The smallest absolute Gasteiger partial charge is 0.345 e. The topological polar surface area (TPSA) is 42.3 Å². The summed E-state index contributed by atoms with van der Waals surface area (Å²) in [5.74, 6) is -0.497. The van der Waals surface area contributed by atoms with E-state index in [4.69, 9.17) is 11.6 Å². The summed E-state index contributed by atoms with van der Waals surface area (Å²) < 4.78 is 38.9. The van der Waals surface area contributed by atoms with Crippen molar-refractivity contribution in [2.75, 3.05) is 14.1 Å². The first-order chi connectivity index (χ1) is 11.1. The highest BCUT2D eigenvalue weighted by Gasteiger charge is 2.29. The minimum atomic E-state index is -4.42. The van der Waals surface area contributed by atoms with Crippen LogP contribution in [-0.2, 0) is 12.7 Å². The Morgan fingerprint density at radius 3 is 2.29 bits per heavy atom. The first-order valence-corrected chi connectivity index (χ1v) is 7.25.